The van der Waals surface area contributed by atoms with E-state index in [9.17, 15) is 19.5 Å². The van der Waals surface area contributed by atoms with Crippen molar-refractivity contribution >= 4 is 23.9 Å². The Bertz CT molecular complexity index is 1190. The van der Waals surface area contributed by atoms with Crippen LogP contribution in [0.15, 0.2) is 77.0 Å². The summed E-state index contributed by atoms with van der Waals surface area (Å²) in [4.78, 5) is 37.4. The van der Waals surface area contributed by atoms with Gasteiger partial charge in [0.25, 0.3) is 11.8 Å². The van der Waals surface area contributed by atoms with Crippen molar-refractivity contribution in [1.82, 2.24) is 10.6 Å². The second-order valence-electron chi connectivity index (χ2n) is 7.16. The van der Waals surface area contributed by atoms with E-state index in [0.29, 0.717) is 17.1 Å². The van der Waals surface area contributed by atoms with Crippen molar-refractivity contribution in [1.29, 1.82) is 0 Å². The minimum atomic E-state index is -1.21. The lowest BCUT2D eigenvalue weighted by molar-refractivity contribution is -0.141. The smallest absolute Gasteiger partial charge is 0.326 e. The molecule has 0 saturated heterocycles. The quantitative estimate of drug-likeness (QED) is 0.452. The molecule has 2 amide bonds. The summed E-state index contributed by atoms with van der Waals surface area (Å²) in [6.45, 7) is 0.0881. The van der Waals surface area contributed by atoms with Crippen molar-refractivity contribution in [3.05, 3.63) is 89.5 Å². The summed E-state index contributed by atoms with van der Waals surface area (Å²) >= 11 is 0. The molecule has 0 spiro atoms. The van der Waals surface area contributed by atoms with Gasteiger partial charge in [0, 0.05) is 6.42 Å². The van der Waals surface area contributed by atoms with E-state index < -0.39 is 23.8 Å². The second-order valence-corrected chi connectivity index (χ2v) is 7.16. The van der Waals surface area contributed by atoms with Crippen molar-refractivity contribution < 1.29 is 33.4 Å². The SMILES string of the molecule is O=C(NC(Cc1ccccc1)C(=O)O)C(=Cc1ccc2c(c1)OCO2)NC(=O)c1ccco1. The molecule has 3 N–H and O–H groups in total. The van der Waals surface area contributed by atoms with Crippen molar-refractivity contribution in [3.63, 3.8) is 0 Å². The highest BCUT2D eigenvalue weighted by Gasteiger charge is 2.24. The molecule has 2 aromatic carbocycles. The Kier molecular flexibility index (Phi) is 6.40. The molecule has 0 fully saturated rings. The molecule has 4 rings (SSSR count). The first-order chi connectivity index (χ1) is 16.0. The van der Waals surface area contributed by atoms with Gasteiger partial charge < -0.3 is 29.6 Å². The van der Waals surface area contributed by atoms with Crippen molar-refractivity contribution in [2.45, 2.75) is 12.5 Å². The number of ether oxygens (including phenoxy) is 2. The molecule has 0 saturated carbocycles. The molecule has 1 aromatic heterocycles. The summed E-state index contributed by atoms with van der Waals surface area (Å²) < 4.78 is 15.7. The zero-order valence-corrected chi connectivity index (χ0v) is 17.3. The average Bonchev–Trinajstić information content (AvgIpc) is 3.50. The molecule has 1 aliphatic heterocycles. The molecule has 9 nitrogen and oxygen atoms in total. The van der Waals surface area contributed by atoms with Crippen LogP contribution in [0.5, 0.6) is 11.5 Å². The van der Waals surface area contributed by atoms with Crippen LogP contribution in [-0.2, 0) is 16.0 Å². The Hall–Kier alpha value is -4.53. The lowest BCUT2D eigenvalue weighted by Gasteiger charge is -2.16. The van der Waals surface area contributed by atoms with Gasteiger partial charge in [-0.25, -0.2) is 4.79 Å². The van der Waals surface area contributed by atoms with E-state index >= 15 is 0 Å². The Labute approximate surface area is 188 Å². The fourth-order valence-corrected chi connectivity index (χ4v) is 3.21. The third kappa shape index (κ3) is 5.40. The van der Waals surface area contributed by atoms with E-state index in [1.807, 2.05) is 6.07 Å². The van der Waals surface area contributed by atoms with Crippen molar-refractivity contribution in [2.75, 3.05) is 6.79 Å². The van der Waals surface area contributed by atoms with Gasteiger partial charge in [0.2, 0.25) is 6.79 Å². The third-order valence-electron chi connectivity index (χ3n) is 4.83. The molecule has 3 aromatic rings. The van der Waals surface area contributed by atoms with Gasteiger partial charge in [-0.1, -0.05) is 36.4 Å². The van der Waals surface area contributed by atoms with Gasteiger partial charge in [-0.2, -0.15) is 0 Å². The first-order valence-corrected chi connectivity index (χ1v) is 10.0. The molecule has 33 heavy (non-hydrogen) atoms. The number of furan rings is 1. The number of fused-ring (bicyclic) bond motifs is 1. The number of hydrogen-bond donors (Lipinski definition) is 3. The number of amides is 2. The fourth-order valence-electron chi connectivity index (χ4n) is 3.21. The molecule has 1 aliphatic rings. The topological polar surface area (TPSA) is 127 Å². The number of carbonyl (C=O) groups excluding carboxylic acids is 2. The summed E-state index contributed by atoms with van der Waals surface area (Å²) in [5.41, 5.74) is 1.12. The van der Waals surface area contributed by atoms with Gasteiger partial charge in [0.1, 0.15) is 11.7 Å². The predicted molar refractivity (Wildman–Crippen MR) is 116 cm³/mol. The number of benzene rings is 2. The van der Waals surface area contributed by atoms with E-state index in [0.717, 1.165) is 5.56 Å². The monoisotopic (exact) mass is 448 g/mol. The van der Waals surface area contributed by atoms with Crippen molar-refractivity contribution in [3.8, 4) is 11.5 Å². The van der Waals surface area contributed by atoms with E-state index in [-0.39, 0.29) is 24.7 Å². The number of hydrogen-bond acceptors (Lipinski definition) is 6. The fraction of sp³-hybridized carbons (Fsp3) is 0.125. The maximum Gasteiger partial charge on any atom is 0.326 e. The molecule has 1 unspecified atom stereocenters. The number of carboxylic acid groups (broad SMARTS) is 1. The lowest BCUT2D eigenvalue weighted by atomic mass is 10.1. The number of rotatable bonds is 8. The molecule has 0 radical (unpaired) electrons. The third-order valence-corrected chi connectivity index (χ3v) is 4.83. The number of carbonyl (C=O) groups is 3. The summed E-state index contributed by atoms with van der Waals surface area (Å²) in [5.74, 6) is -1.57. The minimum Gasteiger partial charge on any atom is -0.480 e. The molecule has 1 atom stereocenters. The molecule has 168 valence electrons. The first-order valence-electron chi connectivity index (χ1n) is 10.0. The van der Waals surface area contributed by atoms with Crippen molar-refractivity contribution in [2.24, 2.45) is 0 Å². The van der Waals surface area contributed by atoms with Gasteiger partial charge in [0.05, 0.1) is 6.26 Å². The zero-order chi connectivity index (χ0) is 23.2. The normalized spacial score (nSPS) is 13.3. The Morgan fingerprint density at radius 2 is 1.79 bits per heavy atom. The number of nitrogens with one attached hydrogen (secondary N) is 2. The maximum absolute atomic E-state index is 13.0. The summed E-state index contributed by atoms with van der Waals surface area (Å²) in [5, 5.41) is 14.6. The lowest BCUT2D eigenvalue weighted by Crippen LogP contribution is -2.45. The second kappa shape index (κ2) is 9.73. The molecule has 0 aliphatic carbocycles. The average molecular weight is 448 g/mol. The zero-order valence-electron chi connectivity index (χ0n) is 17.3. The Morgan fingerprint density at radius 3 is 2.52 bits per heavy atom. The van der Waals surface area contributed by atoms with Gasteiger partial charge in [-0.3, -0.25) is 9.59 Å². The Morgan fingerprint density at radius 1 is 1.00 bits per heavy atom. The molecule has 0 bridgehead atoms. The van der Waals surface area contributed by atoms with Crippen LogP contribution in [0.3, 0.4) is 0 Å². The largest absolute Gasteiger partial charge is 0.480 e. The molecule has 9 heteroatoms. The van der Waals surface area contributed by atoms with Gasteiger partial charge in [0.15, 0.2) is 17.3 Å². The highest BCUT2D eigenvalue weighted by atomic mass is 16.7. The van der Waals surface area contributed by atoms with E-state index in [1.165, 1.54) is 24.5 Å². The number of carboxylic acids is 1. The molecular weight excluding hydrogens is 428 g/mol. The number of aliphatic carboxylic acids is 1. The van der Waals surface area contributed by atoms with Gasteiger partial charge in [-0.05, 0) is 41.5 Å². The van der Waals surface area contributed by atoms with Crippen LogP contribution in [0.25, 0.3) is 6.08 Å². The van der Waals surface area contributed by atoms with Crippen LogP contribution in [0.2, 0.25) is 0 Å². The Balaban J connectivity index is 1.59. The van der Waals surface area contributed by atoms with Crippen LogP contribution in [-0.4, -0.2) is 35.7 Å². The van der Waals surface area contributed by atoms with Crippen LogP contribution in [0, 0.1) is 0 Å². The highest BCUT2D eigenvalue weighted by molar-refractivity contribution is 6.05. The minimum absolute atomic E-state index is 0.00143. The molecule has 2 heterocycles. The van der Waals surface area contributed by atoms with Crippen LogP contribution >= 0.6 is 0 Å². The molecular formula is C24H20N2O7. The summed E-state index contributed by atoms with van der Waals surface area (Å²) in [7, 11) is 0. The van der Waals surface area contributed by atoms with Crippen LogP contribution in [0.4, 0.5) is 0 Å². The standard InChI is InChI=1S/C24H20N2O7/c27-22(26-18(24(29)30)11-15-5-2-1-3-6-15)17(25-23(28)20-7-4-10-31-20)12-16-8-9-19-21(13-16)33-14-32-19/h1-10,12-13,18H,11,14H2,(H,25,28)(H,26,27)(H,29,30). The van der Waals surface area contributed by atoms with E-state index in [1.54, 1.807) is 42.5 Å². The summed E-state index contributed by atoms with van der Waals surface area (Å²) in [6, 6.07) is 15.7. The highest BCUT2D eigenvalue weighted by Crippen LogP contribution is 2.33. The van der Waals surface area contributed by atoms with Crippen LogP contribution in [0.1, 0.15) is 21.7 Å². The van der Waals surface area contributed by atoms with Crippen LogP contribution < -0.4 is 20.1 Å². The van der Waals surface area contributed by atoms with E-state index in [2.05, 4.69) is 10.6 Å². The van der Waals surface area contributed by atoms with Gasteiger partial charge >= 0.3 is 5.97 Å². The summed E-state index contributed by atoms with van der Waals surface area (Å²) in [6.07, 6.45) is 2.82. The maximum atomic E-state index is 13.0. The first kappa shape index (κ1) is 21.7. The van der Waals surface area contributed by atoms with E-state index in [4.69, 9.17) is 13.9 Å². The predicted octanol–water partition coefficient (Wildman–Crippen LogP) is 2.59. The van der Waals surface area contributed by atoms with Gasteiger partial charge in [-0.15, -0.1) is 0 Å².